The Bertz CT molecular complexity index is 914. The highest BCUT2D eigenvalue weighted by Crippen LogP contribution is 2.40. The molecule has 1 atom stereocenters. The second-order valence-electron chi connectivity index (χ2n) is 8.80. The molecule has 0 bridgehead atoms. The molecule has 158 valence electrons. The Labute approximate surface area is 177 Å². The van der Waals surface area contributed by atoms with Crippen LogP contribution in [0.1, 0.15) is 50.8 Å². The summed E-state index contributed by atoms with van der Waals surface area (Å²) in [6.07, 6.45) is 0.315. The molecule has 0 N–H and O–H groups in total. The van der Waals surface area contributed by atoms with Gasteiger partial charge in [0.15, 0.2) is 6.10 Å². The molecule has 6 heteroatoms. The van der Waals surface area contributed by atoms with Crippen LogP contribution in [0.25, 0.3) is 0 Å². The number of nitrogens with zero attached hydrogens (tertiary/aromatic N) is 2. The molecule has 2 amide bonds. The standard InChI is InChI=1S/C24H28N2O4/c1-24(2,3)30-22(27)25-15-13-18(14-16-25)26-20-12-8-7-11-19(20)21(29-23(26)28)17-9-5-4-6-10-17/h4-12,18,21H,13-16H2,1-3H3. The van der Waals surface area contributed by atoms with Gasteiger partial charge in [0, 0.05) is 24.7 Å². The zero-order chi connectivity index (χ0) is 21.3. The number of para-hydroxylation sites is 1. The molecule has 2 aliphatic rings. The number of hydrogen-bond acceptors (Lipinski definition) is 4. The van der Waals surface area contributed by atoms with Gasteiger partial charge in [-0.25, -0.2) is 9.59 Å². The van der Waals surface area contributed by atoms with Gasteiger partial charge in [-0.1, -0.05) is 48.5 Å². The van der Waals surface area contributed by atoms with Crippen LogP contribution in [0.5, 0.6) is 0 Å². The summed E-state index contributed by atoms with van der Waals surface area (Å²) in [6, 6.07) is 17.7. The normalized spacial score (nSPS) is 19.8. The Balaban J connectivity index is 1.52. The molecule has 0 aromatic heterocycles. The Hall–Kier alpha value is -3.02. The maximum Gasteiger partial charge on any atom is 0.415 e. The van der Waals surface area contributed by atoms with E-state index in [1.165, 1.54) is 0 Å². The number of hydrogen-bond donors (Lipinski definition) is 0. The van der Waals surface area contributed by atoms with Crippen LogP contribution in [-0.2, 0) is 9.47 Å². The van der Waals surface area contributed by atoms with Crippen LogP contribution < -0.4 is 4.90 Å². The number of cyclic esters (lactones) is 1. The summed E-state index contributed by atoms with van der Waals surface area (Å²) < 4.78 is 11.4. The lowest BCUT2D eigenvalue weighted by molar-refractivity contribution is 0.0203. The highest BCUT2D eigenvalue weighted by Gasteiger charge is 2.39. The van der Waals surface area contributed by atoms with Gasteiger partial charge in [0.2, 0.25) is 0 Å². The van der Waals surface area contributed by atoms with E-state index in [-0.39, 0.29) is 18.2 Å². The Morgan fingerprint density at radius 2 is 1.63 bits per heavy atom. The lowest BCUT2D eigenvalue weighted by Crippen LogP contribution is -2.51. The lowest BCUT2D eigenvalue weighted by Gasteiger charge is -2.42. The summed E-state index contributed by atoms with van der Waals surface area (Å²) in [5, 5.41) is 0. The number of anilines is 1. The molecular formula is C24H28N2O4. The van der Waals surface area contributed by atoms with E-state index in [9.17, 15) is 9.59 Å². The number of rotatable bonds is 2. The summed E-state index contributed by atoms with van der Waals surface area (Å²) in [6.45, 7) is 6.69. The maximum atomic E-state index is 13.0. The van der Waals surface area contributed by atoms with Crippen molar-refractivity contribution < 1.29 is 19.1 Å². The first-order valence-electron chi connectivity index (χ1n) is 10.4. The van der Waals surface area contributed by atoms with Gasteiger partial charge in [-0.15, -0.1) is 0 Å². The number of amides is 2. The molecule has 6 nitrogen and oxygen atoms in total. The molecule has 1 unspecified atom stereocenters. The predicted octanol–water partition coefficient (Wildman–Crippen LogP) is 5.13. The minimum absolute atomic E-state index is 0.0194. The molecule has 1 saturated heterocycles. The van der Waals surface area contributed by atoms with Crippen LogP contribution in [0.4, 0.5) is 15.3 Å². The second kappa shape index (κ2) is 8.01. The van der Waals surface area contributed by atoms with Crippen molar-refractivity contribution in [1.82, 2.24) is 4.90 Å². The van der Waals surface area contributed by atoms with Gasteiger partial charge >= 0.3 is 12.2 Å². The lowest BCUT2D eigenvalue weighted by atomic mass is 9.95. The van der Waals surface area contributed by atoms with Crippen molar-refractivity contribution in [2.45, 2.75) is 51.4 Å². The highest BCUT2D eigenvalue weighted by atomic mass is 16.6. The molecule has 2 aromatic carbocycles. The molecule has 30 heavy (non-hydrogen) atoms. The third kappa shape index (κ3) is 4.13. The van der Waals surface area contributed by atoms with Crippen molar-refractivity contribution in [3.05, 3.63) is 65.7 Å². The first kappa shape index (κ1) is 20.3. The van der Waals surface area contributed by atoms with Crippen molar-refractivity contribution in [3.63, 3.8) is 0 Å². The van der Waals surface area contributed by atoms with E-state index < -0.39 is 11.7 Å². The van der Waals surface area contributed by atoms with Gasteiger partial charge in [0.1, 0.15) is 5.60 Å². The maximum absolute atomic E-state index is 13.0. The smallest absolute Gasteiger partial charge is 0.415 e. The number of ether oxygens (including phenoxy) is 2. The Kier molecular flexibility index (Phi) is 5.41. The number of fused-ring (bicyclic) bond motifs is 1. The summed E-state index contributed by atoms with van der Waals surface area (Å²) in [5.74, 6) is 0. The third-order valence-corrected chi connectivity index (χ3v) is 5.48. The fraction of sp³-hybridized carbons (Fsp3) is 0.417. The van der Waals surface area contributed by atoms with Crippen molar-refractivity contribution in [1.29, 1.82) is 0 Å². The van der Waals surface area contributed by atoms with E-state index in [0.29, 0.717) is 25.9 Å². The molecule has 4 rings (SSSR count). The fourth-order valence-corrected chi connectivity index (χ4v) is 4.10. The van der Waals surface area contributed by atoms with Crippen molar-refractivity contribution in [2.24, 2.45) is 0 Å². The first-order valence-corrected chi connectivity index (χ1v) is 10.4. The molecule has 0 radical (unpaired) electrons. The van der Waals surface area contributed by atoms with E-state index >= 15 is 0 Å². The molecule has 2 heterocycles. The van der Waals surface area contributed by atoms with E-state index in [1.54, 1.807) is 9.80 Å². The number of likely N-dealkylation sites (tertiary alicyclic amines) is 1. The number of piperidine rings is 1. The fourth-order valence-electron chi connectivity index (χ4n) is 4.10. The minimum atomic E-state index is -0.518. The summed E-state index contributed by atoms with van der Waals surface area (Å²) in [5.41, 5.74) is 2.31. The predicted molar refractivity (Wildman–Crippen MR) is 115 cm³/mol. The Morgan fingerprint density at radius 1 is 1.00 bits per heavy atom. The molecule has 2 aromatic rings. The minimum Gasteiger partial charge on any atom is -0.444 e. The highest BCUT2D eigenvalue weighted by molar-refractivity contribution is 5.92. The molecule has 2 aliphatic heterocycles. The largest absolute Gasteiger partial charge is 0.444 e. The quantitative estimate of drug-likeness (QED) is 0.691. The summed E-state index contributed by atoms with van der Waals surface area (Å²) in [7, 11) is 0. The van der Waals surface area contributed by atoms with Gasteiger partial charge in [-0.2, -0.15) is 0 Å². The van der Waals surface area contributed by atoms with E-state index in [4.69, 9.17) is 9.47 Å². The van der Waals surface area contributed by atoms with Crippen molar-refractivity contribution in [2.75, 3.05) is 18.0 Å². The zero-order valence-corrected chi connectivity index (χ0v) is 17.7. The first-order chi connectivity index (χ1) is 14.3. The van der Waals surface area contributed by atoms with Gasteiger partial charge in [0.05, 0.1) is 5.69 Å². The molecule has 1 fully saturated rings. The van der Waals surface area contributed by atoms with Crippen LogP contribution in [-0.4, -0.2) is 41.8 Å². The van der Waals surface area contributed by atoms with Gasteiger partial charge in [-0.05, 0) is 45.2 Å². The molecule has 0 aliphatic carbocycles. The number of carbonyl (C=O) groups is 2. The number of carbonyl (C=O) groups excluding carboxylic acids is 2. The molecule has 0 spiro atoms. The van der Waals surface area contributed by atoms with Crippen LogP contribution in [0.15, 0.2) is 54.6 Å². The zero-order valence-electron chi connectivity index (χ0n) is 17.7. The van der Waals surface area contributed by atoms with Crippen molar-refractivity contribution in [3.8, 4) is 0 Å². The molecular weight excluding hydrogens is 380 g/mol. The van der Waals surface area contributed by atoms with E-state index in [1.807, 2.05) is 75.4 Å². The topological polar surface area (TPSA) is 59.1 Å². The van der Waals surface area contributed by atoms with Gasteiger partial charge in [0.25, 0.3) is 0 Å². The van der Waals surface area contributed by atoms with Crippen LogP contribution in [0.2, 0.25) is 0 Å². The van der Waals surface area contributed by atoms with Gasteiger partial charge < -0.3 is 14.4 Å². The Morgan fingerprint density at radius 3 is 2.30 bits per heavy atom. The monoisotopic (exact) mass is 408 g/mol. The van der Waals surface area contributed by atoms with Crippen LogP contribution in [0.3, 0.4) is 0 Å². The second-order valence-corrected chi connectivity index (χ2v) is 8.80. The van der Waals surface area contributed by atoms with Crippen LogP contribution >= 0.6 is 0 Å². The summed E-state index contributed by atoms with van der Waals surface area (Å²) >= 11 is 0. The van der Waals surface area contributed by atoms with E-state index in [2.05, 4.69) is 0 Å². The van der Waals surface area contributed by atoms with Crippen molar-refractivity contribution >= 4 is 17.9 Å². The van der Waals surface area contributed by atoms with Crippen LogP contribution in [0, 0.1) is 0 Å². The average Bonchev–Trinajstić information content (AvgIpc) is 2.73. The summed E-state index contributed by atoms with van der Waals surface area (Å²) in [4.78, 5) is 28.9. The third-order valence-electron chi connectivity index (χ3n) is 5.48. The number of benzene rings is 2. The van der Waals surface area contributed by atoms with E-state index in [0.717, 1.165) is 16.8 Å². The van der Waals surface area contributed by atoms with Gasteiger partial charge in [-0.3, -0.25) is 4.90 Å². The molecule has 0 saturated carbocycles. The average molecular weight is 408 g/mol. The SMILES string of the molecule is CC(C)(C)OC(=O)N1CCC(N2C(=O)OC(c3ccccc3)c3ccccc32)CC1.